The summed E-state index contributed by atoms with van der Waals surface area (Å²) in [7, 11) is 2.98. The minimum absolute atomic E-state index is 0.224. The van der Waals surface area contributed by atoms with Crippen molar-refractivity contribution in [2.45, 2.75) is 6.04 Å². The van der Waals surface area contributed by atoms with Crippen molar-refractivity contribution in [2.75, 3.05) is 31.7 Å². The number of nitrogens with one attached hydrogen (secondary N) is 1. The number of fused-ring (bicyclic) bond motifs is 2. The summed E-state index contributed by atoms with van der Waals surface area (Å²) in [6.45, 7) is 0. The zero-order chi connectivity index (χ0) is 32.2. The van der Waals surface area contributed by atoms with Crippen LogP contribution in [0.25, 0.3) is 38.8 Å². The van der Waals surface area contributed by atoms with Gasteiger partial charge < -0.3 is 14.3 Å². The number of aryl methyl sites for hydroxylation is 1. The van der Waals surface area contributed by atoms with Crippen LogP contribution in [0.1, 0.15) is 33.2 Å². The zero-order valence-corrected chi connectivity index (χ0v) is 26.0. The molecule has 0 saturated heterocycles. The standard InChI is InChI=1S/C33H29FN6O4S/c1-36-33(41)31-25-14-23(27(40(4)45(5,42)43)16-30(25)44-32(31)19-9-11-22(34)12-10-19)21-13-29(39(3)37-18-21)28-15-24-20(17-35)7-6-8-26(24)38(28)2/h6-16,18,29H,1-5H3,(H,36,41). The van der Waals surface area contributed by atoms with Crippen LogP contribution in [0, 0.1) is 17.1 Å². The Kier molecular flexibility index (Phi) is 7.21. The summed E-state index contributed by atoms with van der Waals surface area (Å²) in [4.78, 5) is 13.2. The number of furan rings is 1. The van der Waals surface area contributed by atoms with Gasteiger partial charge in [-0.15, -0.1) is 0 Å². The number of nitriles is 1. The van der Waals surface area contributed by atoms with Crippen molar-refractivity contribution in [3.05, 3.63) is 94.9 Å². The minimum Gasteiger partial charge on any atom is -0.455 e. The fraction of sp³-hybridized carbons (Fsp3) is 0.182. The molecule has 0 bridgehead atoms. The van der Waals surface area contributed by atoms with Crippen molar-refractivity contribution < 1.29 is 22.0 Å². The third-order valence-electron chi connectivity index (χ3n) is 8.18. The van der Waals surface area contributed by atoms with Gasteiger partial charge in [0.15, 0.2) is 0 Å². The molecule has 228 valence electrons. The van der Waals surface area contributed by atoms with Crippen LogP contribution >= 0.6 is 0 Å². The lowest BCUT2D eigenvalue weighted by Gasteiger charge is -2.29. The van der Waals surface area contributed by atoms with E-state index in [-0.39, 0.29) is 22.9 Å². The van der Waals surface area contributed by atoms with Gasteiger partial charge in [-0.1, -0.05) is 6.07 Å². The molecule has 3 heterocycles. The molecule has 1 N–H and O–H groups in total. The molecule has 0 saturated carbocycles. The van der Waals surface area contributed by atoms with Crippen molar-refractivity contribution in [3.8, 4) is 17.4 Å². The number of allylic oxidation sites excluding steroid dienone is 1. The Bertz CT molecular complexity index is 2230. The Morgan fingerprint density at radius 3 is 2.51 bits per heavy atom. The van der Waals surface area contributed by atoms with E-state index in [1.54, 1.807) is 29.4 Å². The molecule has 1 aliphatic heterocycles. The van der Waals surface area contributed by atoms with Gasteiger partial charge in [-0.25, -0.2) is 12.8 Å². The fourth-order valence-electron chi connectivity index (χ4n) is 5.70. The molecule has 0 spiro atoms. The average Bonchev–Trinajstić information content (AvgIpc) is 3.57. The number of anilines is 1. The summed E-state index contributed by atoms with van der Waals surface area (Å²) in [6.07, 6.45) is 4.71. The Balaban J connectivity index is 1.60. The monoisotopic (exact) mass is 624 g/mol. The van der Waals surface area contributed by atoms with E-state index >= 15 is 0 Å². The van der Waals surface area contributed by atoms with Crippen LogP contribution in [0.3, 0.4) is 0 Å². The van der Waals surface area contributed by atoms with Crippen LogP contribution in [0.2, 0.25) is 0 Å². The fourth-order valence-corrected chi connectivity index (χ4v) is 6.21. The number of sulfonamides is 1. The van der Waals surface area contributed by atoms with Crippen LogP contribution in [0.5, 0.6) is 0 Å². The van der Waals surface area contributed by atoms with E-state index in [9.17, 15) is 22.9 Å². The summed E-state index contributed by atoms with van der Waals surface area (Å²) in [5.74, 6) is -0.633. The van der Waals surface area contributed by atoms with Crippen molar-refractivity contribution in [3.63, 3.8) is 0 Å². The van der Waals surface area contributed by atoms with E-state index in [1.807, 2.05) is 42.9 Å². The number of amides is 1. The van der Waals surface area contributed by atoms with Gasteiger partial charge in [-0.05, 0) is 54.6 Å². The number of benzene rings is 3. The normalized spacial score (nSPS) is 14.9. The van der Waals surface area contributed by atoms with Gasteiger partial charge in [0.25, 0.3) is 5.91 Å². The molecule has 1 aliphatic rings. The van der Waals surface area contributed by atoms with E-state index in [0.29, 0.717) is 33.3 Å². The second kappa shape index (κ2) is 10.9. The molecule has 0 fully saturated rings. The lowest BCUT2D eigenvalue weighted by molar-refractivity contribution is 0.0964. The van der Waals surface area contributed by atoms with Gasteiger partial charge >= 0.3 is 0 Å². The zero-order valence-electron chi connectivity index (χ0n) is 25.2. The molecule has 5 aromatic rings. The molecule has 45 heavy (non-hydrogen) atoms. The molecular weight excluding hydrogens is 595 g/mol. The summed E-state index contributed by atoms with van der Waals surface area (Å²) in [5.41, 5.74) is 4.75. The van der Waals surface area contributed by atoms with Gasteiger partial charge in [0.1, 0.15) is 23.2 Å². The topological polar surface area (TPSA) is 124 Å². The van der Waals surface area contributed by atoms with E-state index in [0.717, 1.165) is 27.2 Å². The largest absolute Gasteiger partial charge is 0.455 e. The second-order valence-corrected chi connectivity index (χ2v) is 12.9. The summed E-state index contributed by atoms with van der Waals surface area (Å²) >= 11 is 0. The first-order chi connectivity index (χ1) is 21.4. The van der Waals surface area contributed by atoms with Gasteiger partial charge in [-0.3, -0.25) is 14.1 Å². The number of carbonyl (C=O) groups is 1. The number of halogens is 1. The van der Waals surface area contributed by atoms with Crippen LogP contribution in [-0.4, -0.2) is 57.5 Å². The molecule has 0 radical (unpaired) electrons. The van der Waals surface area contributed by atoms with Gasteiger partial charge in [0.05, 0.1) is 35.4 Å². The Labute approximate surface area is 259 Å². The quantitative estimate of drug-likeness (QED) is 0.269. The molecule has 1 unspecified atom stereocenters. The maximum Gasteiger partial charge on any atom is 0.255 e. The van der Waals surface area contributed by atoms with Crippen LogP contribution in [0.15, 0.2) is 76.3 Å². The number of hydrogen-bond donors (Lipinski definition) is 1. The molecule has 12 heteroatoms. The third kappa shape index (κ3) is 5.01. The van der Waals surface area contributed by atoms with E-state index < -0.39 is 21.7 Å². The van der Waals surface area contributed by atoms with Gasteiger partial charge in [0, 0.05) is 72.9 Å². The number of rotatable bonds is 6. The number of nitrogens with zero attached hydrogens (tertiary/aromatic N) is 5. The average molecular weight is 625 g/mol. The van der Waals surface area contributed by atoms with Crippen LogP contribution in [-0.2, 0) is 17.1 Å². The SMILES string of the molecule is CNC(=O)c1c(-c2ccc(F)cc2)oc2cc(N(C)S(C)(=O)=O)c(C3=CC(c4cc5c(C#N)cccc5n4C)N(C)N=C3)cc12. The predicted molar refractivity (Wildman–Crippen MR) is 173 cm³/mol. The first-order valence-electron chi connectivity index (χ1n) is 13.9. The predicted octanol–water partition coefficient (Wildman–Crippen LogP) is 5.41. The van der Waals surface area contributed by atoms with E-state index in [1.165, 1.54) is 38.4 Å². The Morgan fingerprint density at radius 1 is 1.11 bits per heavy atom. The molecule has 3 aromatic carbocycles. The summed E-state index contributed by atoms with van der Waals surface area (Å²) in [6, 6.07) is 18.3. The molecular formula is C33H29FN6O4S. The van der Waals surface area contributed by atoms with E-state index in [2.05, 4.69) is 16.5 Å². The smallest absolute Gasteiger partial charge is 0.255 e. The number of hydrogen-bond acceptors (Lipinski definition) is 7. The van der Waals surface area contributed by atoms with Gasteiger partial charge in [-0.2, -0.15) is 10.4 Å². The molecule has 1 amide bonds. The molecule has 0 aliphatic carbocycles. The summed E-state index contributed by atoms with van der Waals surface area (Å²) in [5, 5.41) is 20.0. The lowest BCUT2D eigenvalue weighted by atomic mass is 9.96. The van der Waals surface area contributed by atoms with Crippen molar-refractivity contribution in [1.82, 2.24) is 14.9 Å². The highest BCUT2D eigenvalue weighted by Gasteiger charge is 2.29. The first kappa shape index (κ1) is 29.7. The molecule has 2 aromatic heterocycles. The number of carbonyl (C=O) groups excluding carboxylic acids is 1. The second-order valence-electron chi connectivity index (χ2n) is 10.9. The maximum absolute atomic E-state index is 13.7. The van der Waals surface area contributed by atoms with E-state index in [4.69, 9.17) is 4.42 Å². The Hall–Kier alpha value is -5.41. The van der Waals surface area contributed by atoms with Crippen LogP contribution < -0.4 is 9.62 Å². The Morgan fingerprint density at radius 2 is 1.84 bits per heavy atom. The third-order valence-corrected chi connectivity index (χ3v) is 9.37. The highest BCUT2D eigenvalue weighted by atomic mass is 32.2. The minimum atomic E-state index is -3.72. The van der Waals surface area contributed by atoms with Crippen molar-refractivity contribution in [1.29, 1.82) is 5.26 Å². The lowest BCUT2D eigenvalue weighted by Crippen LogP contribution is -2.27. The summed E-state index contributed by atoms with van der Waals surface area (Å²) < 4.78 is 48.7. The number of likely N-dealkylation sites (N-methyl/N-ethyl adjacent to an activating group) is 1. The van der Waals surface area contributed by atoms with Crippen molar-refractivity contribution in [2.24, 2.45) is 12.1 Å². The number of hydrazone groups is 1. The molecule has 6 rings (SSSR count). The number of aromatic nitrogens is 1. The van der Waals surface area contributed by atoms with Crippen molar-refractivity contribution >= 4 is 55.3 Å². The molecule has 1 atom stereocenters. The van der Waals surface area contributed by atoms with Crippen LogP contribution in [0.4, 0.5) is 10.1 Å². The highest BCUT2D eigenvalue weighted by Crippen LogP contribution is 2.41. The highest BCUT2D eigenvalue weighted by molar-refractivity contribution is 7.92. The first-order valence-corrected chi connectivity index (χ1v) is 15.8. The van der Waals surface area contributed by atoms with Gasteiger partial charge in [0.2, 0.25) is 10.0 Å². The molecule has 10 nitrogen and oxygen atoms in total. The maximum atomic E-state index is 13.7.